The van der Waals surface area contributed by atoms with Crippen molar-refractivity contribution >= 4 is 11.9 Å². The van der Waals surface area contributed by atoms with Crippen LogP contribution in [-0.4, -0.2) is 42.5 Å². The molecule has 1 saturated carbocycles. The van der Waals surface area contributed by atoms with Gasteiger partial charge in [0.05, 0.1) is 0 Å². The summed E-state index contributed by atoms with van der Waals surface area (Å²) < 4.78 is 0. The Kier molecular flexibility index (Phi) is 5.35. The zero-order chi connectivity index (χ0) is 16.3. The molecule has 2 fully saturated rings. The highest BCUT2D eigenvalue weighted by Crippen LogP contribution is 2.39. The molecule has 5 heteroatoms. The molecule has 126 valence electrons. The average Bonchev–Trinajstić information content (AvgIpc) is 2.80. The standard InChI is InChI=1S/C17H31N3O2/c1-12-11-20(14-8-6-5-7-13(12)14)16(22)19-10-9-18-15(21)17(2,3)4/h12-14H,5-11H2,1-4H3,(H,18,21)(H,19,22)/t12-,13+,14+/m1/s1. The Balaban J connectivity index is 1.75. The summed E-state index contributed by atoms with van der Waals surface area (Å²) in [6, 6.07) is 0.458. The summed E-state index contributed by atoms with van der Waals surface area (Å²) in [4.78, 5) is 26.2. The monoisotopic (exact) mass is 309 g/mol. The van der Waals surface area contributed by atoms with Gasteiger partial charge in [-0.1, -0.05) is 40.5 Å². The minimum absolute atomic E-state index is 0.0175. The molecule has 0 aromatic heterocycles. The van der Waals surface area contributed by atoms with Gasteiger partial charge in [0.2, 0.25) is 5.91 Å². The molecule has 2 aliphatic rings. The number of nitrogens with zero attached hydrogens (tertiary/aromatic N) is 1. The van der Waals surface area contributed by atoms with Crippen molar-refractivity contribution in [2.75, 3.05) is 19.6 Å². The molecule has 3 amide bonds. The van der Waals surface area contributed by atoms with Crippen molar-refractivity contribution < 1.29 is 9.59 Å². The van der Waals surface area contributed by atoms with Crippen LogP contribution in [0, 0.1) is 17.3 Å². The molecule has 22 heavy (non-hydrogen) atoms. The topological polar surface area (TPSA) is 61.4 Å². The number of fused-ring (bicyclic) bond motifs is 1. The maximum atomic E-state index is 12.4. The first-order chi connectivity index (χ1) is 10.3. The van der Waals surface area contributed by atoms with Gasteiger partial charge in [-0.15, -0.1) is 0 Å². The number of amides is 3. The van der Waals surface area contributed by atoms with Crippen molar-refractivity contribution in [3.8, 4) is 0 Å². The molecule has 3 atom stereocenters. The summed E-state index contributed by atoms with van der Waals surface area (Å²) in [5.41, 5.74) is -0.385. The van der Waals surface area contributed by atoms with Crippen LogP contribution in [-0.2, 0) is 4.79 Å². The van der Waals surface area contributed by atoms with Crippen LogP contribution in [0.2, 0.25) is 0 Å². The average molecular weight is 309 g/mol. The molecular weight excluding hydrogens is 278 g/mol. The molecule has 0 bridgehead atoms. The first-order valence-electron chi connectivity index (χ1n) is 8.63. The number of hydrogen-bond acceptors (Lipinski definition) is 2. The first-order valence-corrected chi connectivity index (χ1v) is 8.63. The second kappa shape index (κ2) is 6.88. The molecule has 1 aliphatic heterocycles. The van der Waals surface area contributed by atoms with Crippen LogP contribution >= 0.6 is 0 Å². The van der Waals surface area contributed by atoms with E-state index in [0.717, 1.165) is 13.0 Å². The van der Waals surface area contributed by atoms with E-state index in [2.05, 4.69) is 17.6 Å². The zero-order valence-electron chi connectivity index (χ0n) is 14.4. The fourth-order valence-electron chi connectivity index (χ4n) is 3.72. The van der Waals surface area contributed by atoms with E-state index in [1.165, 1.54) is 19.3 Å². The molecule has 0 spiro atoms. The number of likely N-dealkylation sites (tertiary alicyclic amines) is 1. The minimum atomic E-state index is -0.385. The third kappa shape index (κ3) is 3.93. The zero-order valence-corrected chi connectivity index (χ0v) is 14.4. The number of nitrogens with one attached hydrogen (secondary N) is 2. The first kappa shape index (κ1) is 17.1. The fraction of sp³-hybridized carbons (Fsp3) is 0.882. The number of urea groups is 1. The number of rotatable bonds is 3. The number of hydrogen-bond donors (Lipinski definition) is 2. The largest absolute Gasteiger partial charge is 0.354 e. The summed E-state index contributed by atoms with van der Waals surface area (Å²) in [5, 5.41) is 5.82. The Morgan fingerprint density at radius 2 is 1.73 bits per heavy atom. The van der Waals surface area contributed by atoms with Crippen LogP contribution in [0.15, 0.2) is 0 Å². The maximum absolute atomic E-state index is 12.4. The van der Waals surface area contributed by atoms with Gasteiger partial charge >= 0.3 is 6.03 Å². The fourth-order valence-corrected chi connectivity index (χ4v) is 3.72. The molecule has 5 nitrogen and oxygen atoms in total. The predicted molar refractivity (Wildman–Crippen MR) is 87.5 cm³/mol. The maximum Gasteiger partial charge on any atom is 0.317 e. The Morgan fingerprint density at radius 3 is 2.41 bits per heavy atom. The van der Waals surface area contributed by atoms with Gasteiger partial charge in [-0.25, -0.2) is 4.79 Å². The second-order valence-corrected chi connectivity index (χ2v) is 7.88. The van der Waals surface area contributed by atoms with Gasteiger partial charge in [0.1, 0.15) is 0 Å². The third-order valence-electron chi connectivity index (χ3n) is 5.03. The summed E-state index contributed by atoms with van der Waals surface area (Å²) in [7, 11) is 0. The third-order valence-corrected chi connectivity index (χ3v) is 5.03. The summed E-state index contributed by atoms with van der Waals surface area (Å²) in [6.07, 6.45) is 4.94. The van der Waals surface area contributed by atoms with Gasteiger partial charge in [0.15, 0.2) is 0 Å². The van der Waals surface area contributed by atoms with E-state index in [4.69, 9.17) is 0 Å². The van der Waals surface area contributed by atoms with E-state index in [9.17, 15) is 9.59 Å². The Labute approximate surface area is 134 Å². The highest BCUT2D eigenvalue weighted by atomic mass is 16.2. The number of carbonyl (C=O) groups is 2. The Bertz CT molecular complexity index is 417. The van der Waals surface area contributed by atoms with Gasteiger partial charge in [0.25, 0.3) is 0 Å². The highest BCUT2D eigenvalue weighted by molar-refractivity contribution is 5.81. The minimum Gasteiger partial charge on any atom is -0.354 e. The molecule has 1 saturated heterocycles. The Morgan fingerprint density at radius 1 is 1.09 bits per heavy atom. The lowest BCUT2D eigenvalue weighted by atomic mass is 9.80. The van der Waals surface area contributed by atoms with E-state index in [1.807, 2.05) is 25.7 Å². The highest BCUT2D eigenvalue weighted by Gasteiger charge is 2.42. The molecular formula is C17H31N3O2. The van der Waals surface area contributed by atoms with E-state index in [0.29, 0.717) is 31.0 Å². The second-order valence-electron chi connectivity index (χ2n) is 7.88. The van der Waals surface area contributed by atoms with Crippen LogP contribution in [0.5, 0.6) is 0 Å². The van der Waals surface area contributed by atoms with Crippen LogP contribution in [0.3, 0.4) is 0 Å². The molecule has 2 rings (SSSR count). The van der Waals surface area contributed by atoms with E-state index < -0.39 is 0 Å². The quantitative estimate of drug-likeness (QED) is 0.786. The molecule has 0 unspecified atom stereocenters. The van der Waals surface area contributed by atoms with Crippen LogP contribution in [0.4, 0.5) is 4.79 Å². The van der Waals surface area contributed by atoms with E-state index >= 15 is 0 Å². The molecule has 1 aliphatic carbocycles. The molecule has 1 heterocycles. The van der Waals surface area contributed by atoms with Gasteiger partial charge in [-0.05, 0) is 24.7 Å². The summed E-state index contributed by atoms with van der Waals surface area (Å²) >= 11 is 0. The van der Waals surface area contributed by atoms with Gasteiger partial charge < -0.3 is 15.5 Å². The predicted octanol–water partition coefficient (Wildman–Crippen LogP) is 2.37. The Hall–Kier alpha value is -1.26. The van der Waals surface area contributed by atoms with Gasteiger partial charge in [-0.2, -0.15) is 0 Å². The van der Waals surface area contributed by atoms with E-state index in [1.54, 1.807) is 0 Å². The van der Waals surface area contributed by atoms with Crippen molar-refractivity contribution in [1.29, 1.82) is 0 Å². The number of carbonyl (C=O) groups excluding carboxylic acids is 2. The lowest BCUT2D eigenvalue weighted by molar-refractivity contribution is -0.128. The molecule has 2 N–H and O–H groups in total. The van der Waals surface area contributed by atoms with Gasteiger partial charge in [-0.3, -0.25) is 4.79 Å². The lowest BCUT2D eigenvalue weighted by Gasteiger charge is -2.32. The van der Waals surface area contributed by atoms with Crippen LogP contribution in [0.1, 0.15) is 53.4 Å². The van der Waals surface area contributed by atoms with E-state index in [-0.39, 0.29) is 17.4 Å². The molecule has 0 aromatic carbocycles. The summed E-state index contributed by atoms with van der Waals surface area (Å²) in [6.45, 7) is 9.76. The summed E-state index contributed by atoms with van der Waals surface area (Å²) in [5.74, 6) is 1.31. The van der Waals surface area contributed by atoms with Gasteiger partial charge in [0, 0.05) is 31.1 Å². The van der Waals surface area contributed by atoms with Crippen molar-refractivity contribution in [1.82, 2.24) is 15.5 Å². The lowest BCUT2D eigenvalue weighted by Crippen LogP contribution is -2.47. The van der Waals surface area contributed by atoms with Crippen molar-refractivity contribution in [3.63, 3.8) is 0 Å². The van der Waals surface area contributed by atoms with Crippen molar-refractivity contribution in [3.05, 3.63) is 0 Å². The normalized spacial score (nSPS) is 28.2. The van der Waals surface area contributed by atoms with Crippen molar-refractivity contribution in [2.24, 2.45) is 17.3 Å². The smallest absolute Gasteiger partial charge is 0.317 e. The molecule has 0 radical (unpaired) electrons. The molecule has 0 aromatic rings. The van der Waals surface area contributed by atoms with Crippen molar-refractivity contribution in [2.45, 2.75) is 59.4 Å². The SMILES string of the molecule is C[C@@H]1CN(C(=O)NCCNC(=O)C(C)(C)C)[C@H]2CCCC[C@@H]12. The van der Waals surface area contributed by atoms with Crippen LogP contribution in [0.25, 0.3) is 0 Å². The van der Waals surface area contributed by atoms with Crippen LogP contribution < -0.4 is 10.6 Å².